The first-order valence-electron chi connectivity index (χ1n) is 11.3. The third kappa shape index (κ3) is 5.13. The van der Waals surface area contributed by atoms with E-state index in [9.17, 15) is 9.59 Å². The highest BCUT2D eigenvalue weighted by molar-refractivity contribution is 7.80. The summed E-state index contributed by atoms with van der Waals surface area (Å²) in [4.78, 5) is 30.2. The summed E-state index contributed by atoms with van der Waals surface area (Å²) in [5, 5.41) is 4.61. The molecule has 0 bridgehead atoms. The van der Waals surface area contributed by atoms with Crippen molar-refractivity contribution in [1.82, 2.24) is 9.88 Å². The second-order valence-corrected chi connectivity index (χ2v) is 8.98. The lowest BCUT2D eigenvalue weighted by atomic mass is 10.0. The van der Waals surface area contributed by atoms with Crippen LogP contribution in [0.4, 0.5) is 5.69 Å². The molecule has 0 aliphatic carbocycles. The molecule has 0 saturated carbocycles. The van der Waals surface area contributed by atoms with E-state index in [4.69, 9.17) is 21.7 Å². The quantitative estimate of drug-likeness (QED) is 0.403. The van der Waals surface area contributed by atoms with Crippen LogP contribution in [0.15, 0.2) is 47.3 Å². The molecule has 1 aliphatic rings. The fraction of sp³-hybridized carbons (Fsp3) is 0.346. The lowest BCUT2D eigenvalue weighted by molar-refractivity contribution is 0.0602. The standard InChI is InChI=1S/C26H29N3O4S/c1-16-10-11-17(2)23-21(16)13-18(24(30)28-23)14-29(15-19-7-6-12-33-19)26(34)27-22-9-5-4-8-20(22)25(31)32-3/h4-5,8-11,13,19H,6-7,12,14-15H2,1-3H3,(H,27,34)(H,28,30)/t19-/m0/s1. The highest BCUT2D eigenvalue weighted by atomic mass is 32.1. The molecule has 178 valence electrons. The molecule has 0 radical (unpaired) electrons. The van der Waals surface area contributed by atoms with Crippen molar-refractivity contribution in [2.45, 2.75) is 39.3 Å². The molecule has 0 amide bonds. The first-order valence-corrected chi connectivity index (χ1v) is 11.7. The third-order valence-corrected chi connectivity index (χ3v) is 6.55. The van der Waals surface area contributed by atoms with Crippen LogP contribution < -0.4 is 10.9 Å². The predicted molar refractivity (Wildman–Crippen MR) is 137 cm³/mol. The Morgan fingerprint density at radius 2 is 2.00 bits per heavy atom. The molecular formula is C26H29N3O4S. The molecule has 1 saturated heterocycles. The van der Waals surface area contributed by atoms with Gasteiger partial charge in [0.25, 0.3) is 5.56 Å². The number of carbonyl (C=O) groups is 1. The van der Waals surface area contributed by atoms with E-state index in [1.54, 1.807) is 18.2 Å². The van der Waals surface area contributed by atoms with Crippen molar-refractivity contribution in [2.24, 2.45) is 0 Å². The Bertz CT molecular complexity index is 1280. The Hall–Kier alpha value is -3.23. The largest absolute Gasteiger partial charge is 0.465 e. The summed E-state index contributed by atoms with van der Waals surface area (Å²) >= 11 is 5.75. The van der Waals surface area contributed by atoms with Gasteiger partial charge in [-0.15, -0.1) is 0 Å². The first kappa shape index (κ1) is 23.9. The van der Waals surface area contributed by atoms with Gasteiger partial charge in [-0.25, -0.2) is 4.79 Å². The number of nitrogens with one attached hydrogen (secondary N) is 2. The molecule has 1 fully saturated rings. The number of anilines is 1. The summed E-state index contributed by atoms with van der Waals surface area (Å²) in [6.45, 7) is 5.59. The summed E-state index contributed by atoms with van der Waals surface area (Å²) in [5.74, 6) is -0.451. The summed E-state index contributed by atoms with van der Waals surface area (Å²) in [7, 11) is 1.34. The zero-order valence-corrected chi connectivity index (χ0v) is 20.5. The molecular weight excluding hydrogens is 450 g/mol. The zero-order chi connectivity index (χ0) is 24.2. The van der Waals surface area contributed by atoms with E-state index < -0.39 is 5.97 Å². The van der Waals surface area contributed by atoms with Crippen LogP contribution in [0.2, 0.25) is 0 Å². The minimum atomic E-state index is -0.451. The number of rotatable bonds is 6. The maximum absolute atomic E-state index is 13.0. The number of H-pyrrole nitrogens is 1. The molecule has 1 aliphatic heterocycles. The van der Waals surface area contributed by atoms with E-state index in [-0.39, 0.29) is 11.7 Å². The number of hydrogen-bond donors (Lipinski definition) is 2. The lowest BCUT2D eigenvalue weighted by Gasteiger charge is -2.28. The van der Waals surface area contributed by atoms with Gasteiger partial charge in [0.2, 0.25) is 0 Å². The monoisotopic (exact) mass is 479 g/mol. The zero-order valence-electron chi connectivity index (χ0n) is 19.6. The number of pyridine rings is 1. The van der Waals surface area contributed by atoms with Crippen molar-refractivity contribution in [3.8, 4) is 0 Å². The van der Waals surface area contributed by atoms with Gasteiger partial charge in [0.1, 0.15) is 0 Å². The van der Waals surface area contributed by atoms with Gasteiger partial charge in [-0.05, 0) is 68.2 Å². The van der Waals surface area contributed by atoms with Crippen molar-refractivity contribution in [3.05, 3.63) is 75.1 Å². The molecule has 2 heterocycles. The van der Waals surface area contributed by atoms with E-state index >= 15 is 0 Å². The highest BCUT2D eigenvalue weighted by Crippen LogP contribution is 2.22. The van der Waals surface area contributed by atoms with Crippen LogP contribution in [0, 0.1) is 13.8 Å². The molecule has 0 spiro atoms. The van der Waals surface area contributed by atoms with Crippen molar-refractivity contribution in [2.75, 3.05) is 25.6 Å². The fourth-order valence-electron chi connectivity index (χ4n) is 4.27. The van der Waals surface area contributed by atoms with Gasteiger partial charge < -0.3 is 24.7 Å². The molecule has 34 heavy (non-hydrogen) atoms. The summed E-state index contributed by atoms with van der Waals surface area (Å²) in [6, 6.07) is 13.1. The minimum Gasteiger partial charge on any atom is -0.465 e. The van der Waals surface area contributed by atoms with Crippen molar-refractivity contribution in [3.63, 3.8) is 0 Å². The van der Waals surface area contributed by atoms with Gasteiger partial charge in [-0.2, -0.15) is 0 Å². The normalized spacial score (nSPS) is 15.3. The SMILES string of the molecule is COC(=O)c1ccccc1NC(=S)N(Cc1cc2c(C)ccc(C)c2[nH]c1=O)C[C@@H]1CCCO1. The van der Waals surface area contributed by atoms with E-state index in [1.807, 2.05) is 36.9 Å². The van der Waals surface area contributed by atoms with Crippen LogP contribution in [0.5, 0.6) is 0 Å². The predicted octanol–water partition coefficient (Wildman–Crippen LogP) is 4.31. The Morgan fingerprint density at radius 1 is 1.24 bits per heavy atom. The van der Waals surface area contributed by atoms with E-state index in [1.165, 1.54) is 7.11 Å². The van der Waals surface area contributed by atoms with Crippen molar-refractivity contribution < 1.29 is 14.3 Å². The number of fused-ring (bicyclic) bond motifs is 1. The number of thiocarbonyl (C=S) groups is 1. The van der Waals surface area contributed by atoms with E-state index in [0.29, 0.717) is 35.0 Å². The van der Waals surface area contributed by atoms with Gasteiger partial charge in [-0.1, -0.05) is 24.3 Å². The van der Waals surface area contributed by atoms with Crippen LogP contribution in [-0.2, 0) is 16.0 Å². The summed E-state index contributed by atoms with van der Waals surface area (Å²) in [5.41, 5.74) is 4.39. The number of ether oxygens (including phenoxy) is 2. The third-order valence-electron chi connectivity index (χ3n) is 6.19. The van der Waals surface area contributed by atoms with Gasteiger partial charge in [0, 0.05) is 24.1 Å². The Labute approximate surface area is 204 Å². The number of aromatic nitrogens is 1. The highest BCUT2D eigenvalue weighted by Gasteiger charge is 2.23. The first-order chi connectivity index (χ1) is 16.4. The van der Waals surface area contributed by atoms with Crippen molar-refractivity contribution in [1.29, 1.82) is 0 Å². The maximum atomic E-state index is 13.0. The average Bonchev–Trinajstić information content (AvgIpc) is 3.35. The summed E-state index contributed by atoms with van der Waals surface area (Å²) < 4.78 is 10.7. The smallest absolute Gasteiger partial charge is 0.339 e. The Balaban J connectivity index is 1.65. The molecule has 4 rings (SSSR count). The molecule has 2 aromatic carbocycles. The Morgan fingerprint density at radius 3 is 2.74 bits per heavy atom. The summed E-state index contributed by atoms with van der Waals surface area (Å²) in [6.07, 6.45) is 1.96. The number of esters is 1. The molecule has 1 atom stereocenters. The van der Waals surface area contributed by atoms with Gasteiger partial charge in [-0.3, -0.25) is 4.79 Å². The van der Waals surface area contributed by atoms with Crippen LogP contribution in [0.1, 0.15) is 39.9 Å². The molecule has 1 aromatic heterocycles. The molecule has 2 N–H and O–H groups in total. The van der Waals surface area contributed by atoms with E-state index in [0.717, 1.165) is 41.5 Å². The number of para-hydroxylation sites is 1. The molecule has 0 unspecified atom stereocenters. The maximum Gasteiger partial charge on any atom is 0.339 e. The number of nitrogens with zero attached hydrogens (tertiary/aromatic N) is 1. The molecule has 7 nitrogen and oxygen atoms in total. The van der Waals surface area contributed by atoms with Gasteiger partial charge in [0.15, 0.2) is 5.11 Å². The van der Waals surface area contributed by atoms with Crippen LogP contribution in [0.25, 0.3) is 10.9 Å². The van der Waals surface area contributed by atoms with Crippen LogP contribution >= 0.6 is 12.2 Å². The van der Waals surface area contributed by atoms with Crippen molar-refractivity contribution >= 4 is 39.9 Å². The number of hydrogen-bond acceptors (Lipinski definition) is 5. The number of carbonyl (C=O) groups excluding carboxylic acids is 1. The number of methoxy groups -OCH3 is 1. The fourth-order valence-corrected chi connectivity index (χ4v) is 4.52. The Kier molecular flexibility index (Phi) is 7.29. The van der Waals surface area contributed by atoms with Gasteiger partial charge in [0.05, 0.1) is 36.5 Å². The van der Waals surface area contributed by atoms with Crippen LogP contribution in [0.3, 0.4) is 0 Å². The average molecular weight is 480 g/mol. The van der Waals surface area contributed by atoms with Gasteiger partial charge >= 0.3 is 5.97 Å². The number of benzene rings is 2. The lowest BCUT2D eigenvalue weighted by Crippen LogP contribution is -2.40. The number of aryl methyl sites for hydroxylation is 2. The van der Waals surface area contributed by atoms with E-state index in [2.05, 4.69) is 16.4 Å². The second-order valence-electron chi connectivity index (χ2n) is 8.59. The molecule has 3 aromatic rings. The minimum absolute atomic E-state index is 0.0270. The van der Waals surface area contributed by atoms with Crippen LogP contribution in [-0.4, -0.2) is 47.3 Å². The topological polar surface area (TPSA) is 83.7 Å². The molecule has 8 heteroatoms. The number of aromatic amines is 1. The second kappa shape index (κ2) is 10.4.